The molecule has 0 aliphatic heterocycles. The number of benzene rings is 1. The summed E-state index contributed by atoms with van der Waals surface area (Å²) in [6, 6.07) is 7.12. The Morgan fingerprint density at radius 2 is 2.17 bits per heavy atom. The van der Waals surface area contributed by atoms with Crippen LogP contribution >= 0.6 is 0 Å². The summed E-state index contributed by atoms with van der Waals surface area (Å²) in [6.45, 7) is 3.09. The number of aryl methyl sites for hydroxylation is 1. The minimum absolute atomic E-state index is 0.540. The molecule has 100 valence electrons. The normalized spacial score (nSPS) is 17.8. The third-order valence-corrected chi connectivity index (χ3v) is 3.81. The van der Waals surface area contributed by atoms with Crippen molar-refractivity contribution in [3.63, 3.8) is 0 Å². The van der Waals surface area contributed by atoms with Crippen molar-refractivity contribution in [3.05, 3.63) is 29.3 Å². The standard InChI is InChI=1S/C16H25NO/c1-3-4-5-6-11-18-14-8-9-15-13(12-14)7-10-16(15)17-2/h8-9,12,16-17H,3-7,10-11H2,1-2H3. The second-order valence-corrected chi connectivity index (χ2v) is 5.15. The van der Waals surface area contributed by atoms with Gasteiger partial charge in [0.05, 0.1) is 6.61 Å². The van der Waals surface area contributed by atoms with Gasteiger partial charge in [-0.15, -0.1) is 0 Å². The Hall–Kier alpha value is -1.02. The number of rotatable bonds is 7. The summed E-state index contributed by atoms with van der Waals surface area (Å²) >= 11 is 0. The van der Waals surface area contributed by atoms with Crippen LogP contribution in [0.5, 0.6) is 5.75 Å². The molecule has 18 heavy (non-hydrogen) atoms. The molecule has 1 unspecified atom stereocenters. The lowest BCUT2D eigenvalue weighted by molar-refractivity contribution is 0.305. The Bertz CT molecular complexity index is 375. The quantitative estimate of drug-likeness (QED) is 0.739. The van der Waals surface area contributed by atoms with Crippen LogP contribution in [0, 0.1) is 0 Å². The second-order valence-electron chi connectivity index (χ2n) is 5.15. The third-order valence-electron chi connectivity index (χ3n) is 3.81. The van der Waals surface area contributed by atoms with E-state index in [-0.39, 0.29) is 0 Å². The van der Waals surface area contributed by atoms with Gasteiger partial charge in [0.15, 0.2) is 0 Å². The van der Waals surface area contributed by atoms with E-state index in [9.17, 15) is 0 Å². The van der Waals surface area contributed by atoms with Crippen molar-refractivity contribution in [3.8, 4) is 5.75 Å². The van der Waals surface area contributed by atoms with Crippen molar-refractivity contribution in [2.75, 3.05) is 13.7 Å². The molecule has 0 saturated heterocycles. The van der Waals surface area contributed by atoms with Crippen LogP contribution in [0.2, 0.25) is 0 Å². The predicted molar refractivity (Wildman–Crippen MR) is 76.2 cm³/mol. The number of hydrogen-bond acceptors (Lipinski definition) is 2. The zero-order valence-electron chi connectivity index (χ0n) is 11.7. The molecule has 1 aliphatic rings. The van der Waals surface area contributed by atoms with Crippen LogP contribution in [0.4, 0.5) is 0 Å². The number of nitrogens with one attached hydrogen (secondary N) is 1. The van der Waals surface area contributed by atoms with Crippen LogP contribution in [0.1, 0.15) is 56.2 Å². The van der Waals surface area contributed by atoms with Crippen molar-refractivity contribution < 1.29 is 4.74 Å². The first-order valence-corrected chi connectivity index (χ1v) is 7.28. The van der Waals surface area contributed by atoms with Gasteiger partial charge in [0.1, 0.15) is 5.75 Å². The molecule has 0 amide bonds. The maximum atomic E-state index is 5.83. The van der Waals surface area contributed by atoms with E-state index in [0.717, 1.165) is 12.4 Å². The zero-order chi connectivity index (χ0) is 12.8. The second kappa shape index (κ2) is 6.79. The first-order valence-electron chi connectivity index (χ1n) is 7.28. The smallest absolute Gasteiger partial charge is 0.119 e. The molecule has 0 radical (unpaired) electrons. The fourth-order valence-corrected chi connectivity index (χ4v) is 2.70. The molecular formula is C16H25NO. The molecule has 1 N–H and O–H groups in total. The highest BCUT2D eigenvalue weighted by Crippen LogP contribution is 2.33. The van der Waals surface area contributed by atoms with Crippen molar-refractivity contribution in [2.24, 2.45) is 0 Å². The largest absolute Gasteiger partial charge is 0.494 e. The van der Waals surface area contributed by atoms with Gasteiger partial charge in [-0.05, 0) is 49.6 Å². The van der Waals surface area contributed by atoms with Gasteiger partial charge in [-0.3, -0.25) is 0 Å². The molecule has 1 aromatic carbocycles. The van der Waals surface area contributed by atoms with E-state index >= 15 is 0 Å². The van der Waals surface area contributed by atoms with Crippen LogP contribution in [-0.4, -0.2) is 13.7 Å². The van der Waals surface area contributed by atoms with E-state index in [1.807, 2.05) is 7.05 Å². The molecule has 2 heteroatoms. The molecule has 2 rings (SSSR count). The Morgan fingerprint density at radius 3 is 2.94 bits per heavy atom. The van der Waals surface area contributed by atoms with E-state index in [2.05, 4.69) is 30.4 Å². The average Bonchev–Trinajstić information content (AvgIpc) is 2.80. The fraction of sp³-hybridized carbons (Fsp3) is 0.625. The van der Waals surface area contributed by atoms with Gasteiger partial charge in [0.2, 0.25) is 0 Å². The minimum atomic E-state index is 0.540. The van der Waals surface area contributed by atoms with E-state index in [1.165, 1.54) is 49.7 Å². The summed E-state index contributed by atoms with van der Waals surface area (Å²) in [5.41, 5.74) is 2.91. The SMILES string of the molecule is CCCCCCOc1ccc2c(c1)CCC2NC. The maximum absolute atomic E-state index is 5.83. The molecule has 0 saturated carbocycles. The molecule has 0 fully saturated rings. The van der Waals surface area contributed by atoms with Gasteiger partial charge in [-0.2, -0.15) is 0 Å². The lowest BCUT2D eigenvalue weighted by Gasteiger charge is -2.11. The number of ether oxygens (including phenoxy) is 1. The topological polar surface area (TPSA) is 21.3 Å². The van der Waals surface area contributed by atoms with E-state index < -0.39 is 0 Å². The number of fused-ring (bicyclic) bond motifs is 1. The molecule has 2 nitrogen and oxygen atoms in total. The van der Waals surface area contributed by atoms with Gasteiger partial charge in [-0.25, -0.2) is 0 Å². The summed E-state index contributed by atoms with van der Waals surface area (Å²) in [4.78, 5) is 0. The Morgan fingerprint density at radius 1 is 1.28 bits per heavy atom. The lowest BCUT2D eigenvalue weighted by Crippen LogP contribution is -2.12. The molecule has 1 aromatic rings. The molecule has 1 atom stereocenters. The van der Waals surface area contributed by atoms with E-state index in [4.69, 9.17) is 4.74 Å². The van der Waals surface area contributed by atoms with Crippen molar-refractivity contribution in [1.82, 2.24) is 5.32 Å². The highest BCUT2D eigenvalue weighted by Gasteiger charge is 2.20. The molecule has 1 aliphatic carbocycles. The van der Waals surface area contributed by atoms with Crippen LogP contribution < -0.4 is 10.1 Å². The average molecular weight is 247 g/mol. The summed E-state index contributed by atoms with van der Waals surface area (Å²) in [7, 11) is 2.04. The van der Waals surface area contributed by atoms with Crippen molar-refractivity contribution in [2.45, 2.75) is 51.5 Å². The first kappa shape index (κ1) is 13.4. The van der Waals surface area contributed by atoms with Crippen LogP contribution in [0.25, 0.3) is 0 Å². The summed E-state index contributed by atoms with van der Waals surface area (Å²) in [5, 5.41) is 3.37. The summed E-state index contributed by atoms with van der Waals surface area (Å²) < 4.78 is 5.83. The van der Waals surface area contributed by atoms with Gasteiger partial charge in [0.25, 0.3) is 0 Å². The fourth-order valence-electron chi connectivity index (χ4n) is 2.70. The van der Waals surface area contributed by atoms with Crippen LogP contribution in [0.15, 0.2) is 18.2 Å². The highest BCUT2D eigenvalue weighted by molar-refractivity contribution is 5.40. The van der Waals surface area contributed by atoms with Gasteiger partial charge >= 0.3 is 0 Å². The van der Waals surface area contributed by atoms with Crippen molar-refractivity contribution >= 4 is 0 Å². The molecule has 0 aromatic heterocycles. The lowest BCUT2D eigenvalue weighted by atomic mass is 10.1. The summed E-state index contributed by atoms with van der Waals surface area (Å²) in [5.74, 6) is 1.04. The van der Waals surface area contributed by atoms with Crippen LogP contribution in [0.3, 0.4) is 0 Å². The molecule has 0 heterocycles. The predicted octanol–water partition coefficient (Wildman–Crippen LogP) is 3.85. The van der Waals surface area contributed by atoms with E-state index in [1.54, 1.807) is 0 Å². The Labute approximate surface area is 111 Å². The van der Waals surface area contributed by atoms with Gasteiger partial charge in [0, 0.05) is 6.04 Å². The number of hydrogen-bond donors (Lipinski definition) is 1. The third kappa shape index (κ3) is 3.26. The first-order chi connectivity index (χ1) is 8.85. The summed E-state index contributed by atoms with van der Waals surface area (Å²) in [6.07, 6.45) is 7.44. The monoisotopic (exact) mass is 247 g/mol. The molecule has 0 bridgehead atoms. The van der Waals surface area contributed by atoms with E-state index in [0.29, 0.717) is 6.04 Å². The Balaban J connectivity index is 1.84. The molecular weight excluding hydrogens is 222 g/mol. The zero-order valence-corrected chi connectivity index (χ0v) is 11.7. The van der Waals surface area contributed by atoms with Crippen LogP contribution in [-0.2, 0) is 6.42 Å². The van der Waals surface area contributed by atoms with Gasteiger partial charge < -0.3 is 10.1 Å². The minimum Gasteiger partial charge on any atom is -0.494 e. The molecule has 0 spiro atoms. The maximum Gasteiger partial charge on any atom is 0.119 e. The number of unbranched alkanes of at least 4 members (excludes halogenated alkanes) is 3. The van der Waals surface area contributed by atoms with Crippen molar-refractivity contribution in [1.29, 1.82) is 0 Å². The highest BCUT2D eigenvalue weighted by atomic mass is 16.5. The van der Waals surface area contributed by atoms with Gasteiger partial charge in [-0.1, -0.05) is 32.3 Å². The Kier molecular flexibility index (Phi) is 5.06.